The van der Waals surface area contributed by atoms with E-state index in [0.29, 0.717) is 144 Å². The summed E-state index contributed by atoms with van der Waals surface area (Å²) in [7, 11) is 0. The number of fused-ring (bicyclic) bond motifs is 24. The van der Waals surface area contributed by atoms with E-state index in [9.17, 15) is 43.2 Å². The first kappa shape index (κ1) is 80.2. The topological polar surface area (TPSA) is 281 Å². The molecule has 0 aliphatic heterocycles. The number of allylic oxidation sites excluding steroid dienone is 1. The Morgan fingerprint density at radius 3 is 1.16 bits per heavy atom. The Morgan fingerprint density at radius 1 is 0.296 bits per heavy atom. The minimum absolute atomic E-state index is 0.00709. The predicted octanol–water partition coefficient (Wildman–Crippen LogP) is 24.4. The maximum atomic E-state index is 15.1. The average molecular weight is 1910 g/mol. The number of carbonyl (C=O) groups is 7. The summed E-state index contributed by atoms with van der Waals surface area (Å²) in [4.78, 5) is 173. The van der Waals surface area contributed by atoms with Crippen molar-refractivity contribution in [2.45, 2.75) is 32.8 Å². The van der Waals surface area contributed by atoms with Gasteiger partial charge in [0.15, 0.2) is 5.36 Å². The summed E-state index contributed by atoms with van der Waals surface area (Å²) in [6.45, 7) is -0.191. The maximum absolute atomic E-state index is 15.1. The Hall–Kier alpha value is -15.6. The van der Waals surface area contributed by atoms with E-state index < -0.39 is 57.7 Å². The smallest absolute Gasteiger partial charge is 0.419 e. The molecule has 0 saturated heterocycles. The number of carbonyl (C=O) groups excluding carboxylic acids is 7. The Kier molecular flexibility index (Phi) is 18.3. The maximum Gasteiger partial charge on any atom is 0.419 e. The highest BCUT2D eigenvalue weighted by molar-refractivity contribution is 7.41. The Balaban J connectivity index is 0.539. The van der Waals surface area contributed by atoms with Gasteiger partial charge in [0, 0.05) is 49.5 Å². The van der Waals surface area contributed by atoms with Crippen molar-refractivity contribution in [1.29, 1.82) is 0 Å². The summed E-state index contributed by atoms with van der Waals surface area (Å²) in [5, 5.41) is 5.41. The zero-order chi connectivity index (χ0) is 90.8. The minimum atomic E-state index is -0.729. The van der Waals surface area contributed by atoms with Crippen LogP contribution in [0.4, 0.5) is 34.2 Å². The van der Waals surface area contributed by atoms with Gasteiger partial charge in [-0.2, -0.15) is 0 Å². The van der Waals surface area contributed by atoms with E-state index in [-0.39, 0.29) is 76.6 Å². The van der Waals surface area contributed by atoms with Crippen LogP contribution in [0.1, 0.15) is 59.0 Å². The molecule has 0 atom stereocenters. The number of hydrogen-bond donors (Lipinski definition) is 0. The fourth-order valence-corrected chi connectivity index (χ4v) is 29.0. The summed E-state index contributed by atoms with van der Waals surface area (Å²) in [5.41, 5.74) is 8.60. The summed E-state index contributed by atoms with van der Waals surface area (Å²) in [6.07, 6.45) is -0.833. The van der Waals surface area contributed by atoms with Crippen molar-refractivity contribution in [2.75, 3.05) is 0 Å². The number of rotatable bonds is 13. The first-order chi connectivity index (χ1) is 65.9. The number of hydrogen-bond acceptors (Lipinski definition) is 26. The predicted molar refractivity (Wildman–Crippen MR) is 538 cm³/mol. The van der Waals surface area contributed by atoms with Gasteiger partial charge in [0.2, 0.25) is 33.6 Å². The Morgan fingerprint density at radius 2 is 0.689 bits per heavy atom. The van der Waals surface area contributed by atoms with Gasteiger partial charge in [0.05, 0.1) is 106 Å². The standard InChI is InChI=1S/C105H53N7O15S8/c113-83-64-35-57-30-29-55(56-31-32-63-65(36-56)68(88(118)86(63)116)40-60-41-70-90(128-60)94-79(109(70)102(120)124-45-49-17-5-1-6-18-49)98-99(132-94)81-96(134-98)92-72(111(81)104(122)126-47-51-21-9-3-10-22-51)43-75(130-92)107-77-61-27-15-16-28-62(61)87(117)89(77)119)33-58(57)34-59(64)39-69(83)106-74-42-71-91(129-74)95-80(110(71)103(121)125-46-50-19-7-2-8-20-50)100-101(133-95)82-97(135-100)93-73(112(82)105(123)127-48-52-23-11-4-12-24-52)44-76(131-93)108-78-84(114)66-37-53-25-13-14-26-54(53)38-67(66)85(78)115/h1-38,40-44H,39,45-48H2/b68-40-,106-69+,107-77-. The first-order valence-electron chi connectivity index (χ1n) is 42.3. The molecule has 646 valence electrons. The number of thiophene rings is 8. The fourth-order valence-electron chi connectivity index (χ4n) is 18.7. The molecule has 0 saturated carbocycles. The minimum Gasteiger partial charge on any atom is -0.444 e. The molecule has 12 aromatic heterocycles. The van der Waals surface area contributed by atoms with Crippen molar-refractivity contribution in [1.82, 2.24) is 18.3 Å². The second kappa shape index (κ2) is 30.7. The lowest BCUT2D eigenvalue weighted by atomic mass is 9.95. The number of ether oxygens (including phenoxy) is 4. The number of aliphatic imine (C=N–C) groups is 1. The van der Waals surface area contributed by atoms with Gasteiger partial charge in [-0.3, -0.25) is 33.6 Å². The van der Waals surface area contributed by atoms with Gasteiger partial charge in [-0.1, -0.05) is 194 Å². The highest BCUT2D eigenvalue weighted by Gasteiger charge is 2.38. The molecular weight excluding hydrogens is 1860 g/mol. The van der Waals surface area contributed by atoms with E-state index in [2.05, 4.69) is 0 Å². The molecule has 135 heavy (non-hydrogen) atoms. The van der Waals surface area contributed by atoms with Crippen LogP contribution in [-0.2, 0) is 56.6 Å². The highest BCUT2D eigenvalue weighted by Crippen LogP contribution is 2.57. The number of aromatic nitrogens is 4. The lowest BCUT2D eigenvalue weighted by Gasteiger charge is -2.08. The van der Waals surface area contributed by atoms with Crippen LogP contribution in [0.2, 0.25) is 0 Å². The first-order valence-corrected chi connectivity index (χ1v) is 48.9. The molecule has 0 fully saturated rings. The van der Waals surface area contributed by atoms with Gasteiger partial charge in [0.1, 0.15) is 46.8 Å². The van der Waals surface area contributed by atoms with Gasteiger partial charge in [-0.15, -0.1) is 90.7 Å². The molecular formula is C105H53N7O15S8. The highest BCUT2D eigenvalue weighted by atomic mass is 32.1. The van der Waals surface area contributed by atoms with Crippen LogP contribution in [0.15, 0.2) is 289 Å². The molecule has 0 N–H and O–H groups in total. The van der Waals surface area contributed by atoms with E-state index in [0.717, 1.165) is 59.6 Å². The normalized spacial score (nSPS) is 13.8. The van der Waals surface area contributed by atoms with Crippen molar-refractivity contribution in [2.24, 2.45) is 15.0 Å². The number of Topliss-reactive ketones (excluding diaryl/α,β-unsaturated/α-hetero) is 3. The van der Waals surface area contributed by atoms with Crippen molar-refractivity contribution >= 4 is 308 Å². The summed E-state index contributed by atoms with van der Waals surface area (Å²) < 4.78 is 38.9. The van der Waals surface area contributed by atoms with E-state index in [1.165, 1.54) is 104 Å². The van der Waals surface area contributed by atoms with Crippen molar-refractivity contribution in [3.63, 3.8) is 0 Å². The lowest BCUT2D eigenvalue weighted by Crippen LogP contribution is -2.31. The van der Waals surface area contributed by atoms with Crippen LogP contribution in [0.5, 0.6) is 0 Å². The van der Waals surface area contributed by atoms with Crippen LogP contribution in [0.25, 0.3) is 166 Å². The number of ketones is 3. The largest absolute Gasteiger partial charge is 0.444 e. The van der Waals surface area contributed by atoms with E-state index in [4.69, 9.17) is 33.9 Å². The van der Waals surface area contributed by atoms with Gasteiger partial charge >= 0.3 is 24.4 Å². The van der Waals surface area contributed by atoms with Crippen LogP contribution < -0.4 is 32.4 Å². The van der Waals surface area contributed by atoms with E-state index in [1.807, 2.05) is 194 Å². The molecule has 0 radical (unpaired) electrons. The molecule has 12 heterocycles. The van der Waals surface area contributed by atoms with Crippen molar-refractivity contribution in [3.8, 4) is 11.1 Å². The third-order valence-electron chi connectivity index (χ3n) is 24.9. The molecule has 2 aliphatic rings. The summed E-state index contributed by atoms with van der Waals surface area (Å²) in [5.74, 6) is -1.62. The van der Waals surface area contributed by atoms with Gasteiger partial charge in [-0.25, -0.2) is 52.4 Å². The zero-order valence-corrected chi connectivity index (χ0v) is 75.9. The molecule has 26 rings (SSSR count). The zero-order valence-electron chi connectivity index (χ0n) is 69.4. The fraction of sp³-hybridized carbons (Fsp3) is 0.0476. The van der Waals surface area contributed by atoms with Gasteiger partial charge in [0.25, 0.3) is 5.43 Å². The summed E-state index contributed by atoms with van der Waals surface area (Å²) >= 11 is 10.7. The van der Waals surface area contributed by atoms with Gasteiger partial charge in [-0.05, 0) is 133 Å². The Bertz CT molecular complexity index is 9890. The van der Waals surface area contributed by atoms with Crippen molar-refractivity contribution < 1.29 is 52.5 Å². The molecule has 0 bridgehead atoms. The SMILES string of the molecule is O=C1C(=O)c2ccc(-c3ccc4cc5c(cc4c3)C/C(=N\c3cc4c(s3)c3sc6c(sc7c8sc(N=c9c(=O)c%10cc%11ccccc%11cc%10c9=O)cc8n(C(=O)OCc8ccccc8)c76)c3n4C(=O)OCc3ccccc3)C5=O)cc2/C1=C/c1cc2c(s1)c1sc3c(sc4c5sc(/N=c6\c(=O)c(=O)c7ccccc67)cc5n(C(=O)OCc5ccccc5)c43)c1n2C(=O)OCc1ccccc1. The van der Waals surface area contributed by atoms with Crippen LogP contribution >= 0.6 is 90.7 Å². The third kappa shape index (κ3) is 12.6. The second-order valence-corrected chi connectivity index (χ2v) is 41.1. The van der Waals surface area contributed by atoms with Gasteiger partial charge < -0.3 is 18.9 Å². The molecule has 12 aromatic carbocycles. The average Bonchev–Trinajstić information content (AvgIpc) is 1.52. The van der Waals surface area contributed by atoms with E-state index in [1.54, 1.807) is 71.3 Å². The molecule has 30 heteroatoms. The number of benzene rings is 10. The third-order valence-corrected chi connectivity index (χ3v) is 34.7. The quantitative estimate of drug-likeness (QED) is 0.0589. The monoisotopic (exact) mass is 1910 g/mol. The lowest BCUT2D eigenvalue weighted by molar-refractivity contribution is -0.109. The number of nitrogens with zero attached hydrogens (tertiary/aromatic N) is 7. The van der Waals surface area contributed by atoms with Crippen LogP contribution in [0, 0.1) is 0 Å². The second-order valence-electron chi connectivity index (χ2n) is 32.8. The van der Waals surface area contributed by atoms with Crippen LogP contribution in [0.3, 0.4) is 0 Å². The molecule has 0 amide bonds. The van der Waals surface area contributed by atoms with Crippen LogP contribution in [-0.4, -0.2) is 65.7 Å². The molecule has 22 nitrogen and oxygen atoms in total. The molecule has 24 aromatic rings. The molecule has 0 unspecified atom stereocenters. The molecule has 0 spiro atoms. The van der Waals surface area contributed by atoms with Crippen molar-refractivity contribution in [3.05, 3.63) is 356 Å². The van der Waals surface area contributed by atoms with E-state index >= 15 is 9.59 Å². The molecule has 2 aliphatic carbocycles. The summed E-state index contributed by atoms with van der Waals surface area (Å²) in [6, 6.07) is 76.9. The Labute approximate surface area is 787 Å².